The summed E-state index contributed by atoms with van der Waals surface area (Å²) in [4.78, 5) is 18.4. The molecule has 4 rings (SSSR count). The van der Waals surface area contributed by atoms with Crippen LogP contribution in [0.5, 0.6) is 0 Å². The number of carbonyl (C=O) groups excluding carboxylic acids is 1. The van der Waals surface area contributed by atoms with Crippen LogP contribution in [0, 0.1) is 18.8 Å². The molecule has 1 saturated carbocycles. The van der Waals surface area contributed by atoms with Gasteiger partial charge >= 0.3 is 0 Å². The molecule has 2 aliphatic rings. The van der Waals surface area contributed by atoms with Crippen LogP contribution in [0.2, 0.25) is 0 Å². The predicted octanol–water partition coefficient (Wildman–Crippen LogP) is 5.01. The van der Waals surface area contributed by atoms with Crippen molar-refractivity contribution in [1.29, 1.82) is 0 Å². The summed E-state index contributed by atoms with van der Waals surface area (Å²) in [5, 5.41) is 1.37. The maximum atomic E-state index is 12.8. The summed E-state index contributed by atoms with van der Waals surface area (Å²) in [6.45, 7) is 6.32. The molecule has 1 saturated heterocycles. The van der Waals surface area contributed by atoms with Gasteiger partial charge in [-0.05, 0) is 75.0 Å². The molecule has 0 radical (unpaired) electrons. The molecular weight excluding hydrogens is 308 g/mol. The number of nitrogens with zero attached hydrogens (tertiary/aromatic N) is 1. The van der Waals surface area contributed by atoms with Crippen LogP contribution in [0.1, 0.15) is 62.5 Å². The summed E-state index contributed by atoms with van der Waals surface area (Å²) in [5.41, 5.74) is 3.99. The number of benzene rings is 1. The highest BCUT2D eigenvalue weighted by molar-refractivity contribution is 5.84. The van der Waals surface area contributed by atoms with E-state index in [1.165, 1.54) is 34.9 Å². The van der Waals surface area contributed by atoms with Crippen molar-refractivity contribution < 1.29 is 4.79 Å². The lowest BCUT2D eigenvalue weighted by Gasteiger charge is -2.36. The largest absolute Gasteiger partial charge is 0.361 e. The average molecular weight is 338 g/mol. The van der Waals surface area contributed by atoms with Gasteiger partial charge in [0.05, 0.1) is 0 Å². The summed E-state index contributed by atoms with van der Waals surface area (Å²) in [6, 6.07) is 6.63. The molecule has 0 bridgehead atoms. The summed E-state index contributed by atoms with van der Waals surface area (Å²) in [7, 11) is 0. The molecule has 1 amide bonds. The number of aromatic nitrogens is 1. The van der Waals surface area contributed by atoms with Gasteiger partial charge < -0.3 is 9.88 Å². The van der Waals surface area contributed by atoms with Crippen LogP contribution in [0.3, 0.4) is 0 Å². The van der Waals surface area contributed by atoms with E-state index >= 15 is 0 Å². The van der Waals surface area contributed by atoms with Gasteiger partial charge in [0.2, 0.25) is 5.91 Å². The fourth-order valence-electron chi connectivity index (χ4n) is 4.77. The number of aryl methyl sites for hydroxylation is 1. The molecular formula is C22H30N2O. The molecule has 1 aromatic heterocycles. The third-order valence-electron chi connectivity index (χ3n) is 6.48. The third kappa shape index (κ3) is 3.33. The minimum Gasteiger partial charge on any atom is -0.361 e. The zero-order valence-electron chi connectivity index (χ0n) is 15.6. The number of piperidine rings is 1. The van der Waals surface area contributed by atoms with E-state index in [9.17, 15) is 4.79 Å². The van der Waals surface area contributed by atoms with E-state index in [2.05, 4.69) is 48.1 Å². The molecule has 3 nitrogen and oxygen atoms in total. The lowest BCUT2D eigenvalue weighted by Crippen LogP contribution is -2.42. The minimum absolute atomic E-state index is 0.295. The van der Waals surface area contributed by atoms with Crippen molar-refractivity contribution in [1.82, 2.24) is 9.88 Å². The summed E-state index contributed by atoms with van der Waals surface area (Å²) < 4.78 is 0. The summed E-state index contributed by atoms with van der Waals surface area (Å²) in [5.74, 6) is 2.11. The molecule has 134 valence electrons. The molecule has 1 aliphatic heterocycles. The SMILES string of the molecule is Cc1ccc2[nH]cc(C3CCN(C(=O)C4CCC(C)CC4)CC3)c2c1. The first-order valence-corrected chi connectivity index (χ1v) is 9.98. The molecule has 2 heterocycles. The van der Waals surface area contributed by atoms with Gasteiger partial charge in [-0.25, -0.2) is 0 Å². The van der Waals surface area contributed by atoms with Gasteiger partial charge in [0, 0.05) is 36.1 Å². The molecule has 1 N–H and O–H groups in total. The number of nitrogens with one attached hydrogen (secondary N) is 1. The maximum absolute atomic E-state index is 12.8. The Balaban J connectivity index is 1.41. The van der Waals surface area contributed by atoms with Crippen LogP contribution < -0.4 is 0 Å². The third-order valence-corrected chi connectivity index (χ3v) is 6.48. The van der Waals surface area contributed by atoms with E-state index < -0.39 is 0 Å². The van der Waals surface area contributed by atoms with Gasteiger partial charge in [-0.3, -0.25) is 4.79 Å². The molecule has 3 heteroatoms. The van der Waals surface area contributed by atoms with Crippen molar-refractivity contribution in [3.63, 3.8) is 0 Å². The highest BCUT2D eigenvalue weighted by Gasteiger charge is 2.31. The maximum Gasteiger partial charge on any atom is 0.225 e. The summed E-state index contributed by atoms with van der Waals surface area (Å²) in [6.07, 6.45) is 9.02. The average Bonchev–Trinajstić information content (AvgIpc) is 3.05. The fraction of sp³-hybridized carbons (Fsp3) is 0.591. The predicted molar refractivity (Wildman–Crippen MR) is 103 cm³/mol. The number of hydrogen-bond donors (Lipinski definition) is 1. The van der Waals surface area contributed by atoms with Crippen molar-refractivity contribution in [2.75, 3.05) is 13.1 Å². The van der Waals surface area contributed by atoms with Crippen molar-refractivity contribution in [2.45, 2.75) is 58.3 Å². The Kier molecular flexibility index (Phi) is 4.58. The monoisotopic (exact) mass is 338 g/mol. The molecule has 2 fully saturated rings. The first-order chi connectivity index (χ1) is 12.1. The zero-order valence-corrected chi connectivity index (χ0v) is 15.6. The van der Waals surface area contributed by atoms with Crippen LogP contribution in [-0.2, 0) is 4.79 Å². The standard InChI is InChI=1S/C22H30N2O/c1-15-3-6-18(7-4-15)22(25)24-11-9-17(10-12-24)20-14-23-21-8-5-16(2)13-19(20)21/h5,8,13-15,17-18,23H,3-4,6-7,9-12H2,1-2H3. The molecule has 0 unspecified atom stereocenters. The number of carbonyl (C=O) groups is 1. The van der Waals surface area contributed by atoms with Gasteiger partial charge in [-0.1, -0.05) is 18.6 Å². The van der Waals surface area contributed by atoms with Crippen molar-refractivity contribution in [2.24, 2.45) is 11.8 Å². The van der Waals surface area contributed by atoms with E-state index in [0.29, 0.717) is 17.7 Å². The Morgan fingerprint density at radius 2 is 1.80 bits per heavy atom. The second-order valence-electron chi connectivity index (χ2n) is 8.35. The Morgan fingerprint density at radius 3 is 2.52 bits per heavy atom. The fourth-order valence-corrected chi connectivity index (χ4v) is 4.77. The number of likely N-dealkylation sites (tertiary alicyclic amines) is 1. The Labute approximate surface area is 150 Å². The Bertz CT molecular complexity index is 746. The number of H-pyrrole nitrogens is 1. The Hall–Kier alpha value is -1.77. The number of aromatic amines is 1. The quantitative estimate of drug-likeness (QED) is 0.821. The van der Waals surface area contributed by atoms with Crippen LogP contribution in [0.25, 0.3) is 10.9 Å². The number of hydrogen-bond acceptors (Lipinski definition) is 1. The molecule has 25 heavy (non-hydrogen) atoms. The van der Waals surface area contributed by atoms with Gasteiger partial charge in [0.1, 0.15) is 0 Å². The first kappa shape index (κ1) is 16.7. The topological polar surface area (TPSA) is 36.1 Å². The van der Waals surface area contributed by atoms with E-state index in [1.54, 1.807) is 0 Å². The normalized spacial score (nSPS) is 25.4. The van der Waals surface area contributed by atoms with Gasteiger partial charge in [0.25, 0.3) is 0 Å². The number of fused-ring (bicyclic) bond motifs is 1. The smallest absolute Gasteiger partial charge is 0.225 e. The second kappa shape index (κ2) is 6.86. The molecule has 0 spiro atoms. The molecule has 1 aliphatic carbocycles. The highest BCUT2D eigenvalue weighted by atomic mass is 16.2. The molecule has 2 aromatic rings. The number of rotatable bonds is 2. The van der Waals surface area contributed by atoms with Gasteiger partial charge in [-0.15, -0.1) is 0 Å². The second-order valence-corrected chi connectivity index (χ2v) is 8.35. The van der Waals surface area contributed by atoms with E-state index in [4.69, 9.17) is 0 Å². The lowest BCUT2D eigenvalue weighted by molar-refractivity contribution is -0.137. The molecule has 0 atom stereocenters. The Morgan fingerprint density at radius 1 is 1.08 bits per heavy atom. The highest BCUT2D eigenvalue weighted by Crippen LogP contribution is 2.35. The van der Waals surface area contributed by atoms with E-state index in [1.807, 2.05) is 0 Å². The van der Waals surface area contributed by atoms with Crippen molar-refractivity contribution in [3.8, 4) is 0 Å². The number of amides is 1. The van der Waals surface area contributed by atoms with Crippen LogP contribution in [0.4, 0.5) is 0 Å². The van der Waals surface area contributed by atoms with Crippen LogP contribution in [0.15, 0.2) is 24.4 Å². The van der Waals surface area contributed by atoms with Crippen molar-refractivity contribution >= 4 is 16.8 Å². The van der Waals surface area contributed by atoms with Gasteiger partial charge in [-0.2, -0.15) is 0 Å². The lowest BCUT2D eigenvalue weighted by atomic mass is 9.81. The van der Waals surface area contributed by atoms with Crippen molar-refractivity contribution in [3.05, 3.63) is 35.5 Å². The van der Waals surface area contributed by atoms with Gasteiger partial charge in [0.15, 0.2) is 0 Å². The van der Waals surface area contributed by atoms with E-state index in [-0.39, 0.29) is 0 Å². The molecule has 1 aromatic carbocycles. The minimum atomic E-state index is 0.295. The summed E-state index contributed by atoms with van der Waals surface area (Å²) >= 11 is 0. The van der Waals surface area contributed by atoms with E-state index in [0.717, 1.165) is 44.7 Å². The van der Waals surface area contributed by atoms with Crippen LogP contribution in [-0.4, -0.2) is 28.9 Å². The van der Waals surface area contributed by atoms with Crippen LogP contribution >= 0.6 is 0 Å². The first-order valence-electron chi connectivity index (χ1n) is 9.98. The zero-order chi connectivity index (χ0) is 17.4.